The maximum Gasteiger partial charge on any atom is 0.335 e. The van der Waals surface area contributed by atoms with Crippen LogP contribution >= 0.6 is 0 Å². The normalized spacial score (nSPS) is 9.38. The van der Waals surface area contributed by atoms with Crippen molar-refractivity contribution in [1.29, 1.82) is 0 Å². The maximum absolute atomic E-state index is 12.0. The van der Waals surface area contributed by atoms with E-state index in [0.29, 0.717) is 18.7 Å². The quantitative estimate of drug-likeness (QED) is 0.572. The number of amides is 1. The minimum absolute atomic E-state index is 0.00512. The van der Waals surface area contributed by atoms with Gasteiger partial charge in [0.05, 0.1) is 12.7 Å². The van der Waals surface area contributed by atoms with Crippen LogP contribution in [0.15, 0.2) is 30.6 Å². The third-order valence-electron chi connectivity index (χ3n) is 2.85. The molecular formula is C15H17N3O6. The number of aromatic carboxylic acids is 1. The van der Waals surface area contributed by atoms with Crippen LogP contribution in [-0.2, 0) is 11.2 Å². The fourth-order valence-electron chi connectivity index (χ4n) is 1.80. The molecule has 1 aromatic carbocycles. The summed E-state index contributed by atoms with van der Waals surface area (Å²) in [6, 6.07) is 4.17. The van der Waals surface area contributed by atoms with Crippen molar-refractivity contribution in [2.45, 2.75) is 6.42 Å². The van der Waals surface area contributed by atoms with Crippen LogP contribution in [0.2, 0.25) is 0 Å². The summed E-state index contributed by atoms with van der Waals surface area (Å²) in [5.41, 5.74) is 0.247. The second-order valence-corrected chi connectivity index (χ2v) is 4.40. The number of H-pyrrole nitrogens is 1. The van der Waals surface area contributed by atoms with Crippen molar-refractivity contribution in [1.82, 2.24) is 15.3 Å². The van der Waals surface area contributed by atoms with E-state index in [9.17, 15) is 9.59 Å². The molecule has 4 N–H and O–H groups in total. The van der Waals surface area contributed by atoms with Crippen LogP contribution in [0.4, 0.5) is 0 Å². The number of hydrogen-bond donors (Lipinski definition) is 4. The number of rotatable bonds is 6. The van der Waals surface area contributed by atoms with Gasteiger partial charge in [0.15, 0.2) is 0 Å². The van der Waals surface area contributed by atoms with Gasteiger partial charge in [-0.25, -0.2) is 9.78 Å². The Morgan fingerprint density at radius 2 is 2.00 bits per heavy atom. The van der Waals surface area contributed by atoms with Gasteiger partial charge in [0, 0.05) is 30.9 Å². The highest BCUT2D eigenvalue weighted by atomic mass is 16.5. The lowest BCUT2D eigenvalue weighted by Crippen LogP contribution is -2.26. The highest BCUT2D eigenvalue weighted by Crippen LogP contribution is 2.17. The van der Waals surface area contributed by atoms with Crippen LogP contribution < -0.4 is 10.1 Å². The van der Waals surface area contributed by atoms with E-state index < -0.39 is 5.97 Å². The zero-order valence-corrected chi connectivity index (χ0v) is 12.9. The van der Waals surface area contributed by atoms with Crippen molar-refractivity contribution in [3.63, 3.8) is 0 Å². The fourth-order valence-corrected chi connectivity index (χ4v) is 1.80. The summed E-state index contributed by atoms with van der Waals surface area (Å²) in [6.45, 7) is 0.145. The number of aromatic amines is 1. The minimum Gasteiger partial charge on any atom is -0.497 e. The smallest absolute Gasteiger partial charge is 0.335 e. The zero-order valence-electron chi connectivity index (χ0n) is 12.9. The third-order valence-corrected chi connectivity index (χ3v) is 2.85. The summed E-state index contributed by atoms with van der Waals surface area (Å²) in [5.74, 6) is -0.375. The van der Waals surface area contributed by atoms with Gasteiger partial charge >= 0.3 is 5.97 Å². The number of methoxy groups -OCH3 is 1. The molecule has 0 aliphatic carbocycles. The number of nitrogens with one attached hydrogen (secondary N) is 2. The van der Waals surface area contributed by atoms with Gasteiger partial charge in [0.1, 0.15) is 11.6 Å². The number of benzene rings is 1. The van der Waals surface area contributed by atoms with Gasteiger partial charge in [-0.3, -0.25) is 9.59 Å². The Hall–Kier alpha value is -3.36. The van der Waals surface area contributed by atoms with Crippen molar-refractivity contribution < 1.29 is 29.3 Å². The molecule has 0 radical (unpaired) electrons. The fraction of sp³-hybridized carbons (Fsp3) is 0.200. The number of hydrogen-bond acceptors (Lipinski definition) is 5. The maximum atomic E-state index is 12.0. The molecule has 24 heavy (non-hydrogen) atoms. The standard InChI is InChI=1S/C14H15N3O4.CH2O2/c1-21-11-7-9(6-10(8-11)14(19)20)13(18)17-3-2-12-15-4-5-16-12;2-1-3/h4-8H,2-3H2,1H3,(H,15,16)(H,17,18)(H,19,20);1H,(H,2,3). The summed E-state index contributed by atoms with van der Waals surface area (Å²) in [4.78, 5) is 38.4. The molecule has 0 aliphatic heterocycles. The summed E-state index contributed by atoms with van der Waals surface area (Å²) in [7, 11) is 1.42. The van der Waals surface area contributed by atoms with Gasteiger partial charge in [-0.15, -0.1) is 0 Å². The molecule has 0 bridgehead atoms. The predicted octanol–water partition coefficient (Wildman–Crippen LogP) is 0.790. The molecule has 0 atom stereocenters. The summed E-state index contributed by atoms with van der Waals surface area (Å²) >= 11 is 0. The molecule has 0 saturated heterocycles. The van der Waals surface area contributed by atoms with Gasteiger partial charge in [-0.1, -0.05) is 0 Å². The van der Waals surface area contributed by atoms with E-state index in [0.717, 1.165) is 5.82 Å². The van der Waals surface area contributed by atoms with E-state index in [1.54, 1.807) is 12.4 Å². The first-order valence-electron chi connectivity index (χ1n) is 6.78. The van der Waals surface area contributed by atoms with Crippen LogP contribution in [0.5, 0.6) is 5.75 Å². The first-order chi connectivity index (χ1) is 11.5. The molecule has 9 heteroatoms. The largest absolute Gasteiger partial charge is 0.497 e. The molecule has 0 aliphatic rings. The average molecular weight is 335 g/mol. The Morgan fingerprint density at radius 3 is 2.54 bits per heavy atom. The topological polar surface area (TPSA) is 142 Å². The second-order valence-electron chi connectivity index (χ2n) is 4.40. The Balaban J connectivity index is 0.000000891. The van der Waals surface area contributed by atoms with Crippen molar-refractivity contribution in [2.24, 2.45) is 0 Å². The second kappa shape index (κ2) is 9.62. The number of imidazole rings is 1. The van der Waals surface area contributed by atoms with Gasteiger partial charge < -0.3 is 25.3 Å². The molecule has 1 aromatic heterocycles. The predicted molar refractivity (Wildman–Crippen MR) is 83.3 cm³/mol. The molecular weight excluding hydrogens is 318 g/mol. The van der Waals surface area contributed by atoms with Gasteiger partial charge in [-0.05, 0) is 18.2 Å². The third kappa shape index (κ3) is 5.79. The molecule has 2 aromatic rings. The number of aromatic nitrogens is 2. The van der Waals surface area contributed by atoms with Crippen molar-refractivity contribution >= 4 is 18.3 Å². The number of nitrogens with zero attached hydrogens (tertiary/aromatic N) is 1. The van der Waals surface area contributed by atoms with Gasteiger partial charge in [0.2, 0.25) is 0 Å². The first-order valence-corrected chi connectivity index (χ1v) is 6.78. The van der Waals surface area contributed by atoms with E-state index in [4.69, 9.17) is 19.7 Å². The number of carbonyl (C=O) groups excluding carboxylic acids is 1. The van der Waals surface area contributed by atoms with Crippen LogP contribution in [0, 0.1) is 0 Å². The number of carbonyl (C=O) groups is 3. The van der Waals surface area contributed by atoms with E-state index in [1.807, 2.05) is 0 Å². The number of carboxylic acids is 1. The van der Waals surface area contributed by atoms with E-state index in [1.165, 1.54) is 25.3 Å². The van der Waals surface area contributed by atoms with Crippen molar-refractivity contribution in [3.05, 3.63) is 47.5 Å². The SMILES string of the molecule is COc1cc(C(=O)O)cc(C(=O)NCCc2ncc[nH]2)c1.O=CO. The zero-order chi connectivity index (χ0) is 17.9. The number of ether oxygens (including phenoxy) is 1. The lowest BCUT2D eigenvalue weighted by Gasteiger charge is -2.07. The van der Waals surface area contributed by atoms with E-state index in [2.05, 4.69) is 15.3 Å². The molecule has 1 amide bonds. The van der Waals surface area contributed by atoms with Gasteiger partial charge in [0.25, 0.3) is 12.4 Å². The number of carboxylic acid groups (broad SMARTS) is 2. The monoisotopic (exact) mass is 335 g/mol. The van der Waals surface area contributed by atoms with Crippen LogP contribution in [0.3, 0.4) is 0 Å². The lowest BCUT2D eigenvalue weighted by atomic mass is 10.1. The Kier molecular flexibility index (Phi) is 7.49. The highest BCUT2D eigenvalue weighted by Gasteiger charge is 2.12. The summed E-state index contributed by atoms with van der Waals surface area (Å²) in [5, 5.41) is 18.6. The Bertz CT molecular complexity index is 685. The van der Waals surface area contributed by atoms with Crippen LogP contribution in [0.25, 0.3) is 0 Å². The van der Waals surface area contributed by atoms with Crippen LogP contribution in [-0.4, -0.2) is 52.2 Å². The molecule has 9 nitrogen and oxygen atoms in total. The molecule has 128 valence electrons. The van der Waals surface area contributed by atoms with Crippen LogP contribution in [0.1, 0.15) is 26.5 Å². The summed E-state index contributed by atoms with van der Waals surface area (Å²) < 4.78 is 5.00. The van der Waals surface area contributed by atoms with Crippen molar-refractivity contribution in [2.75, 3.05) is 13.7 Å². The van der Waals surface area contributed by atoms with E-state index >= 15 is 0 Å². The average Bonchev–Trinajstić information content (AvgIpc) is 3.08. The molecule has 0 fully saturated rings. The highest BCUT2D eigenvalue weighted by molar-refractivity contribution is 5.98. The Labute approximate surface area is 137 Å². The molecule has 0 unspecified atom stereocenters. The molecule has 0 saturated carbocycles. The van der Waals surface area contributed by atoms with Crippen molar-refractivity contribution in [3.8, 4) is 5.75 Å². The first kappa shape index (κ1) is 18.7. The lowest BCUT2D eigenvalue weighted by molar-refractivity contribution is -0.122. The van der Waals surface area contributed by atoms with Gasteiger partial charge in [-0.2, -0.15) is 0 Å². The minimum atomic E-state index is -1.11. The van der Waals surface area contributed by atoms with E-state index in [-0.39, 0.29) is 23.5 Å². The summed E-state index contributed by atoms with van der Waals surface area (Å²) in [6.07, 6.45) is 3.91. The molecule has 0 spiro atoms. The Morgan fingerprint density at radius 1 is 1.33 bits per heavy atom. The molecule has 1 heterocycles. The molecule has 2 rings (SSSR count).